The summed E-state index contributed by atoms with van der Waals surface area (Å²) in [5.41, 5.74) is 4.40. The number of hydrogen-bond acceptors (Lipinski definition) is 4. The molecule has 2 amide bonds. The quantitative estimate of drug-likeness (QED) is 0.317. The second kappa shape index (κ2) is 12.4. The molecule has 0 unspecified atom stereocenters. The van der Waals surface area contributed by atoms with Crippen LogP contribution in [0.15, 0.2) is 66.7 Å². The van der Waals surface area contributed by atoms with Crippen molar-refractivity contribution < 1.29 is 4.79 Å². The van der Waals surface area contributed by atoms with Gasteiger partial charge in [0.2, 0.25) is 0 Å². The van der Waals surface area contributed by atoms with Gasteiger partial charge in [0.05, 0.1) is 17.7 Å². The molecule has 202 valence electrons. The first-order chi connectivity index (χ1) is 18.9. The van der Waals surface area contributed by atoms with E-state index >= 15 is 0 Å². The van der Waals surface area contributed by atoms with Crippen LogP contribution in [-0.4, -0.2) is 54.6 Å². The molecule has 1 saturated heterocycles. The summed E-state index contributed by atoms with van der Waals surface area (Å²) in [6, 6.07) is 23.4. The summed E-state index contributed by atoms with van der Waals surface area (Å²) in [7, 11) is 0. The molecular weight excluding hydrogens is 529 g/mol. The lowest BCUT2D eigenvalue weighted by Gasteiger charge is -2.44. The van der Waals surface area contributed by atoms with Crippen LogP contribution in [-0.2, 0) is 0 Å². The van der Waals surface area contributed by atoms with Gasteiger partial charge in [-0.3, -0.25) is 4.90 Å². The maximum absolute atomic E-state index is 12.9. The van der Waals surface area contributed by atoms with Crippen molar-refractivity contribution in [3.05, 3.63) is 87.9 Å². The van der Waals surface area contributed by atoms with E-state index in [1.54, 1.807) is 18.2 Å². The lowest BCUT2D eigenvalue weighted by molar-refractivity contribution is 0.0468. The molecular formula is C31H33Cl2N5O. The molecule has 39 heavy (non-hydrogen) atoms. The van der Waals surface area contributed by atoms with Crippen molar-refractivity contribution in [2.45, 2.75) is 31.8 Å². The summed E-state index contributed by atoms with van der Waals surface area (Å²) in [5, 5.41) is 16.1. The fourth-order valence-electron chi connectivity index (χ4n) is 5.42. The van der Waals surface area contributed by atoms with Crippen molar-refractivity contribution in [1.82, 2.24) is 15.1 Å². The molecule has 0 spiro atoms. The number of rotatable bonds is 8. The normalized spacial score (nSPS) is 18.8. The van der Waals surface area contributed by atoms with E-state index in [4.69, 9.17) is 23.2 Å². The average Bonchev–Trinajstić information content (AvgIpc) is 3.73. The van der Waals surface area contributed by atoms with Gasteiger partial charge < -0.3 is 15.5 Å². The minimum absolute atomic E-state index is 0.0104. The van der Waals surface area contributed by atoms with Crippen LogP contribution in [0.2, 0.25) is 10.0 Å². The Bertz CT molecular complexity index is 1330. The Labute approximate surface area is 240 Å². The second-order valence-electron chi connectivity index (χ2n) is 10.6. The van der Waals surface area contributed by atoms with Crippen molar-refractivity contribution in [2.24, 2.45) is 5.92 Å². The predicted molar refractivity (Wildman–Crippen MR) is 158 cm³/mol. The highest BCUT2D eigenvalue weighted by atomic mass is 35.5. The third-order valence-electron chi connectivity index (χ3n) is 7.57. The van der Waals surface area contributed by atoms with Gasteiger partial charge in [-0.25, -0.2) is 4.79 Å². The number of urea groups is 1. The number of benzene rings is 3. The van der Waals surface area contributed by atoms with E-state index in [1.807, 2.05) is 24.3 Å². The number of hydrogen-bond donors (Lipinski definition) is 2. The van der Waals surface area contributed by atoms with Crippen molar-refractivity contribution in [3.8, 4) is 17.2 Å². The van der Waals surface area contributed by atoms with Gasteiger partial charge in [0.25, 0.3) is 0 Å². The molecule has 8 heteroatoms. The number of halogens is 2. The molecule has 2 fully saturated rings. The van der Waals surface area contributed by atoms with Gasteiger partial charge in [-0.05, 0) is 72.7 Å². The fraction of sp³-hybridized carbons (Fsp3) is 0.355. The standard InChI is InChI=1S/C31H33Cl2N5O/c1-21-19-37(20-22-5-6-22)11-12-38(21)30(18-35-31(39)36-29-15-27(32)14-28(33)16-29)25-9-7-24(8-10-25)26-4-2-3-23(13-26)17-34/h2-4,7-10,13-16,21-22,30H,5-6,11-12,18-20H2,1H3,(H2,35,36,39)/t21-,30+/m0/s1. The van der Waals surface area contributed by atoms with Crippen LogP contribution < -0.4 is 10.6 Å². The van der Waals surface area contributed by atoms with Gasteiger partial charge in [0.15, 0.2) is 0 Å². The van der Waals surface area contributed by atoms with E-state index in [9.17, 15) is 10.1 Å². The molecule has 2 aliphatic rings. The number of amides is 2. The Hall–Kier alpha value is -3.08. The van der Waals surface area contributed by atoms with Gasteiger partial charge in [-0.1, -0.05) is 59.6 Å². The van der Waals surface area contributed by atoms with Gasteiger partial charge in [0, 0.05) is 54.5 Å². The summed E-state index contributed by atoms with van der Waals surface area (Å²) >= 11 is 12.2. The van der Waals surface area contributed by atoms with Crippen LogP contribution in [0.1, 0.15) is 36.9 Å². The predicted octanol–water partition coefficient (Wildman–Crippen LogP) is 6.81. The van der Waals surface area contributed by atoms with Gasteiger partial charge in [-0.2, -0.15) is 5.26 Å². The molecule has 5 rings (SSSR count). The second-order valence-corrected chi connectivity index (χ2v) is 11.5. The number of nitrogens with one attached hydrogen (secondary N) is 2. The van der Waals surface area contributed by atoms with E-state index in [-0.39, 0.29) is 12.1 Å². The lowest BCUT2D eigenvalue weighted by Crippen LogP contribution is -2.55. The van der Waals surface area contributed by atoms with Crippen LogP contribution in [0.25, 0.3) is 11.1 Å². The monoisotopic (exact) mass is 561 g/mol. The van der Waals surface area contributed by atoms with Crippen LogP contribution in [0.5, 0.6) is 0 Å². The fourth-order valence-corrected chi connectivity index (χ4v) is 5.95. The Morgan fingerprint density at radius 1 is 1.03 bits per heavy atom. The SMILES string of the molecule is C[C@H]1CN(CC2CC2)CCN1[C@H](CNC(=O)Nc1cc(Cl)cc(Cl)c1)c1ccc(-c2cccc(C#N)c2)cc1. The van der Waals surface area contributed by atoms with E-state index in [2.05, 4.69) is 57.7 Å². The summed E-state index contributed by atoms with van der Waals surface area (Å²) in [6.07, 6.45) is 2.72. The molecule has 0 aromatic heterocycles. The Morgan fingerprint density at radius 2 is 1.77 bits per heavy atom. The molecule has 1 saturated carbocycles. The van der Waals surface area contributed by atoms with Crippen molar-refractivity contribution in [2.75, 3.05) is 38.0 Å². The molecule has 1 heterocycles. The Kier molecular flexibility index (Phi) is 8.74. The topological polar surface area (TPSA) is 71.4 Å². The maximum atomic E-state index is 12.9. The minimum atomic E-state index is -0.303. The minimum Gasteiger partial charge on any atom is -0.336 e. The van der Waals surface area contributed by atoms with Crippen LogP contribution in [0, 0.1) is 17.2 Å². The van der Waals surface area contributed by atoms with Crippen molar-refractivity contribution >= 4 is 34.9 Å². The zero-order valence-corrected chi connectivity index (χ0v) is 23.6. The number of anilines is 1. The summed E-state index contributed by atoms with van der Waals surface area (Å²) < 4.78 is 0. The first-order valence-electron chi connectivity index (χ1n) is 13.5. The summed E-state index contributed by atoms with van der Waals surface area (Å²) in [4.78, 5) is 17.9. The van der Waals surface area contributed by atoms with Gasteiger partial charge in [0.1, 0.15) is 0 Å². The molecule has 3 aromatic rings. The molecule has 1 aliphatic heterocycles. The third kappa shape index (κ3) is 7.32. The number of nitriles is 1. The maximum Gasteiger partial charge on any atom is 0.319 e. The van der Waals surface area contributed by atoms with E-state index in [0.717, 1.165) is 42.2 Å². The summed E-state index contributed by atoms with van der Waals surface area (Å²) in [5.74, 6) is 0.872. The molecule has 0 radical (unpaired) electrons. The van der Waals surface area contributed by atoms with Gasteiger partial charge >= 0.3 is 6.03 Å². The smallest absolute Gasteiger partial charge is 0.319 e. The zero-order valence-electron chi connectivity index (χ0n) is 22.0. The van der Waals surface area contributed by atoms with Crippen LogP contribution in [0.3, 0.4) is 0 Å². The highest BCUT2D eigenvalue weighted by molar-refractivity contribution is 6.35. The van der Waals surface area contributed by atoms with Crippen LogP contribution in [0.4, 0.5) is 10.5 Å². The largest absolute Gasteiger partial charge is 0.336 e. The average molecular weight is 563 g/mol. The van der Waals surface area contributed by atoms with E-state index < -0.39 is 0 Å². The van der Waals surface area contributed by atoms with E-state index in [1.165, 1.54) is 19.4 Å². The Morgan fingerprint density at radius 3 is 2.44 bits per heavy atom. The molecule has 2 N–H and O–H groups in total. The lowest BCUT2D eigenvalue weighted by atomic mass is 9.97. The molecule has 3 aromatic carbocycles. The third-order valence-corrected chi connectivity index (χ3v) is 8.01. The van der Waals surface area contributed by atoms with E-state index in [0.29, 0.717) is 33.9 Å². The number of carbonyl (C=O) groups is 1. The molecule has 1 aliphatic carbocycles. The Balaban J connectivity index is 1.32. The highest BCUT2D eigenvalue weighted by Crippen LogP contribution is 2.32. The molecule has 0 bridgehead atoms. The summed E-state index contributed by atoms with van der Waals surface area (Å²) in [6.45, 7) is 6.93. The highest BCUT2D eigenvalue weighted by Gasteiger charge is 2.33. The zero-order chi connectivity index (χ0) is 27.4. The first kappa shape index (κ1) is 27.5. The number of piperazine rings is 1. The number of nitrogens with zero attached hydrogens (tertiary/aromatic N) is 3. The van der Waals surface area contributed by atoms with Crippen LogP contribution >= 0.6 is 23.2 Å². The molecule has 6 nitrogen and oxygen atoms in total. The number of carbonyl (C=O) groups excluding carboxylic acids is 1. The first-order valence-corrected chi connectivity index (χ1v) is 14.2. The van der Waals surface area contributed by atoms with Crippen molar-refractivity contribution in [3.63, 3.8) is 0 Å². The van der Waals surface area contributed by atoms with Crippen molar-refractivity contribution in [1.29, 1.82) is 5.26 Å². The molecule has 2 atom stereocenters. The van der Waals surface area contributed by atoms with Gasteiger partial charge in [-0.15, -0.1) is 0 Å².